The molecule has 2 N–H and O–H groups in total. The van der Waals surface area contributed by atoms with Gasteiger partial charge in [0.2, 0.25) is 17.8 Å². The molecule has 1 aliphatic heterocycles. The lowest BCUT2D eigenvalue weighted by atomic mass is 10.4. The van der Waals surface area contributed by atoms with Gasteiger partial charge in [-0.15, -0.1) is 0 Å². The smallest absolute Gasteiger partial charge is 0.232 e. The van der Waals surface area contributed by atoms with E-state index in [-0.39, 0.29) is 0 Å². The minimum Gasteiger partial charge on any atom is -0.378 e. The number of rotatable bonds is 7. The summed E-state index contributed by atoms with van der Waals surface area (Å²) in [4.78, 5) is 17.6. The minimum absolute atomic E-state index is 0.585. The maximum atomic E-state index is 5.36. The third-order valence-electron chi connectivity index (χ3n) is 3.21. The van der Waals surface area contributed by atoms with E-state index in [1.165, 1.54) is 0 Å². The van der Waals surface area contributed by atoms with E-state index in [1.807, 2.05) is 7.05 Å². The molecule has 1 aromatic heterocycles. The molecular weight excluding hydrogens is 270 g/mol. The summed E-state index contributed by atoms with van der Waals surface area (Å²) in [6.45, 7) is 4.93. The maximum absolute atomic E-state index is 5.36. The van der Waals surface area contributed by atoms with E-state index in [9.17, 15) is 0 Å². The highest BCUT2D eigenvalue weighted by Crippen LogP contribution is 2.14. The Hall–Kier alpha value is -1.67. The molecule has 0 bridgehead atoms. The zero-order valence-corrected chi connectivity index (χ0v) is 13.1. The van der Waals surface area contributed by atoms with Crippen LogP contribution in [0.4, 0.5) is 17.8 Å². The van der Waals surface area contributed by atoms with Gasteiger partial charge in [0.15, 0.2) is 0 Å². The molecule has 1 saturated heterocycles. The van der Waals surface area contributed by atoms with Crippen LogP contribution in [0.2, 0.25) is 0 Å². The second-order valence-corrected chi connectivity index (χ2v) is 5.22. The van der Waals surface area contributed by atoms with Crippen LogP contribution in [-0.2, 0) is 4.74 Å². The van der Waals surface area contributed by atoms with Crippen LogP contribution in [0.25, 0.3) is 0 Å². The predicted octanol–water partition coefficient (Wildman–Crippen LogP) is 0.114. The van der Waals surface area contributed by atoms with Crippen molar-refractivity contribution in [2.75, 3.05) is 76.1 Å². The van der Waals surface area contributed by atoms with Crippen molar-refractivity contribution in [2.45, 2.75) is 6.42 Å². The average molecular weight is 295 g/mol. The molecule has 0 unspecified atom stereocenters. The van der Waals surface area contributed by atoms with Gasteiger partial charge in [0.1, 0.15) is 0 Å². The molecule has 2 heterocycles. The normalized spacial score (nSPS) is 15.3. The zero-order valence-electron chi connectivity index (χ0n) is 13.1. The van der Waals surface area contributed by atoms with Gasteiger partial charge in [0, 0.05) is 26.7 Å². The first-order valence-corrected chi connectivity index (χ1v) is 7.34. The Balaban J connectivity index is 1.99. The van der Waals surface area contributed by atoms with Crippen LogP contribution in [0.15, 0.2) is 0 Å². The van der Waals surface area contributed by atoms with Gasteiger partial charge < -0.3 is 25.2 Å². The van der Waals surface area contributed by atoms with Gasteiger partial charge >= 0.3 is 0 Å². The molecule has 1 aliphatic rings. The summed E-state index contributed by atoms with van der Waals surface area (Å²) in [5, 5.41) is 6.25. The van der Waals surface area contributed by atoms with Crippen molar-refractivity contribution in [3.63, 3.8) is 0 Å². The maximum Gasteiger partial charge on any atom is 0.232 e. The first-order chi connectivity index (χ1) is 10.2. The Kier molecular flexibility index (Phi) is 5.94. The van der Waals surface area contributed by atoms with E-state index in [1.54, 1.807) is 0 Å². The molecule has 0 aliphatic carbocycles. The molecule has 0 radical (unpaired) electrons. The van der Waals surface area contributed by atoms with Crippen molar-refractivity contribution < 1.29 is 4.74 Å². The fourth-order valence-electron chi connectivity index (χ4n) is 2.06. The number of ether oxygens (including phenoxy) is 1. The summed E-state index contributed by atoms with van der Waals surface area (Å²) in [7, 11) is 5.95. The van der Waals surface area contributed by atoms with Crippen molar-refractivity contribution in [3.8, 4) is 0 Å². The molecule has 0 saturated carbocycles. The van der Waals surface area contributed by atoms with Crippen LogP contribution in [0.1, 0.15) is 6.42 Å². The molecule has 8 heteroatoms. The third kappa shape index (κ3) is 4.98. The number of nitrogens with one attached hydrogen (secondary N) is 2. The number of aromatic nitrogens is 3. The Morgan fingerprint density at radius 2 is 1.86 bits per heavy atom. The molecule has 1 aromatic rings. The standard InChI is InChI=1S/C13H25N7O/c1-14-11-16-12(15-5-4-6-19(2)3)18-13(17-11)20-7-9-21-10-8-20/h4-10H2,1-3H3,(H2,14,15,16,17,18). The first kappa shape index (κ1) is 15.7. The van der Waals surface area contributed by atoms with Gasteiger partial charge in [0.25, 0.3) is 0 Å². The van der Waals surface area contributed by atoms with Crippen LogP contribution in [0.3, 0.4) is 0 Å². The lowest BCUT2D eigenvalue weighted by molar-refractivity contribution is 0.122. The van der Waals surface area contributed by atoms with Crippen molar-refractivity contribution in [2.24, 2.45) is 0 Å². The zero-order chi connectivity index (χ0) is 15.1. The summed E-state index contributed by atoms with van der Waals surface area (Å²) in [5.74, 6) is 1.91. The molecule has 21 heavy (non-hydrogen) atoms. The van der Waals surface area contributed by atoms with E-state index in [4.69, 9.17) is 4.74 Å². The number of nitrogens with zero attached hydrogens (tertiary/aromatic N) is 5. The Morgan fingerprint density at radius 1 is 1.14 bits per heavy atom. The van der Waals surface area contributed by atoms with Crippen LogP contribution in [0.5, 0.6) is 0 Å². The third-order valence-corrected chi connectivity index (χ3v) is 3.21. The summed E-state index contributed by atoms with van der Waals surface area (Å²) in [6, 6.07) is 0. The highest BCUT2D eigenvalue weighted by molar-refractivity contribution is 5.43. The molecule has 0 atom stereocenters. The fraction of sp³-hybridized carbons (Fsp3) is 0.769. The second kappa shape index (κ2) is 7.94. The minimum atomic E-state index is 0.585. The number of hydrogen-bond donors (Lipinski definition) is 2. The molecule has 8 nitrogen and oxygen atoms in total. The van der Waals surface area contributed by atoms with E-state index in [0.717, 1.165) is 32.6 Å². The van der Waals surface area contributed by atoms with Crippen LogP contribution in [0, 0.1) is 0 Å². The highest BCUT2D eigenvalue weighted by atomic mass is 16.5. The van der Waals surface area contributed by atoms with Gasteiger partial charge in [-0.1, -0.05) is 0 Å². The molecular formula is C13H25N7O. The SMILES string of the molecule is CNc1nc(NCCCN(C)C)nc(N2CCOCC2)n1. The van der Waals surface area contributed by atoms with E-state index in [0.29, 0.717) is 31.1 Å². The van der Waals surface area contributed by atoms with Crippen LogP contribution >= 0.6 is 0 Å². The van der Waals surface area contributed by atoms with Gasteiger partial charge in [-0.05, 0) is 27.1 Å². The predicted molar refractivity (Wildman–Crippen MR) is 84.1 cm³/mol. The average Bonchev–Trinajstić information content (AvgIpc) is 2.52. The van der Waals surface area contributed by atoms with Crippen molar-refractivity contribution in [3.05, 3.63) is 0 Å². The monoisotopic (exact) mass is 295 g/mol. The van der Waals surface area contributed by atoms with Gasteiger partial charge in [-0.25, -0.2) is 0 Å². The van der Waals surface area contributed by atoms with E-state index < -0.39 is 0 Å². The Labute approximate surface area is 125 Å². The van der Waals surface area contributed by atoms with Crippen molar-refractivity contribution >= 4 is 17.8 Å². The van der Waals surface area contributed by atoms with Crippen molar-refractivity contribution in [1.82, 2.24) is 19.9 Å². The van der Waals surface area contributed by atoms with Crippen LogP contribution in [-0.4, -0.2) is 80.4 Å². The van der Waals surface area contributed by atoms with E-state index in [2.05, 4.69) is 49.5 Å². The Morgan fingerprint density at radius 3 is 2.52 bits per heavy atom. The molecule has 1 fully saturated rings. The number of hydrogen-bond acceptors (Lipinski definition) is 8. The van der Waals surface area contributed by atoms with Crippen molar-refractivity contribution in [1.29, 1.82) is 0 Å². The van der Waals surface area contributed by atoms with Gasteiger partial charge in [-0.2, -0.15) is 15.0 Å². The number of morpholine rings is 1. The van der Waals surface area contributed by atoms with Crippen LogP contribution < -0.4 is 15.5 Å². The molecule has 0 aromatic carbocycles. The molecule has 0 amide bonds. The summed E-state index contributed by atoms with van der Waals surface area (Å²) >= 11 is 0. The van der Waals surface area contributed by atoms with Gasteiger partial charge in [0.05, 0.1) is 13.2 Å². The topological polar surface area (TPSA) is 78.4 Å². The highest BCUT2D eigenvalue weighted by Gasteiger charge is 2.16. The fourth-order valence-corrected chi connectivity index (χ4v) is 2.06. The Bertz CT molecular complexity index is 435. The lowest BCUT2D eigenvalue weighted by Gasteiger charge is -2.27. The first-order valence-electron chi connectivity index (χ1n) is 7.34. The quantitative estimate of drug-likeness (QED) is 0.687. The van der Waals surface area contributed by atoms with Gasteiger partial charge in [-0.3, -0.25) is 0 Å². The molecule has 118 valence electrons. The van der Waals surface area contributed by atoms with E-state index >= 15 is 0 Å². The largest absolute Gasteiger partial charge is 0.378 e. The summed E-state index contributed by atoms with van der Waals surface area (Å²) in [5.41, 5.74) is 0. The molecule has 0 spiro atoms. The number of anilines is 3. The second-order valence-electron chi connectivity index (χ2n) is 5.22. The summed E-state index contributed by atoms with van der Waals surface area (Å²) < 4.78 is 5.36. The summed E-state index contributed by atoms with van der Waals surface area (Å²) in [6.07, 6.45) is 1.04. The molecule has 2 rings (SSSR count). The lowest BCUT2D eigenvalue weighted by Crippen LogP contribution is -2.37.